The number of hydrogen-bond acceptors (Lipinski definition) is 2. The summed E-state index contributed by atoms with van der Waals surface area (Å²) in [6.45, 7) is 7.79. The van der Waals surface area contributed by atoms with Gasteiger partial charge in [-0.25, -0.2) is 0 Å². The number of hydrogen-bond donors (Lipinski definition) is 0. The molecule has 0 radical (unpaired) electrons. The first-order chi connectivity index (χ1) is 9.91. The van der Waals surface area contributed by atoms with E-state index in [4.69, 9.17) is 9.47 Å². The molecule has 0 spiro atoms. The van der Waals surface area contributed by atoms with Gasteiger partial charge in [-0.1, -0.05) is 78.1 Å². The summed E-state index contributed by atoms with van der Waals surface area (Å²) in [5, 5.41) is 0. The molecule has 0 amide bonds. The quantitative estimate of drug-likeness (QED) is 0.317. The van der Waals surface area contributed by atoms with Gasteiger partial charge in [0.2, 0.25) is 0 Å². The molecule has 0 bridgehead atoms. The van der Waals surface area contributed by atoms with Crippen molar-refractivity contribution in [2.45, 2.75) is 90.9 Å². The highest BCUT2D eigenvalue weighted by molar-refractivity contribution is 4.47. The predicted molar refractivity (Wildman–Crippen MR) is 88.4 cm³/mol. The Kier molecular flexibility index (Phi) is 18.8. The van der Waals surface area contributed by atoms with Crippen LogP contribution in [0.25, 0.3) is 0 Å². The van der Waals surface area contributed by atoms with Gasteiger partial charge in [0.1, 0.15) is 0 Å². The Morgan fingerprint density at radius 1 is 0.400 bits per heavy atom. The Bertz CT molecular complexity index is 141. The second kappa shape index (κ2) is 18.9. The Morgan fingerprint density at radius 2 is 0.800 bits per heavy atom. The highest BCUT2D eigenvalue weighted by Gasteiger charge is 1.93. The lowest BCUT2D eigenvalue weighted by molar-refractivity contribution is 0.0453. The van der Waals surface area contributed by atoms with Crippen molar-refractivity contribution in [2.75, 3.05) is 26.4 Å². The van der Waals surface area contributed by atoms with E-state index >= 15 is 0 Å². The van der Waals surface area contributed by atoms with E-state index in [1.165, 1.54) is 77.0 Å². The third kappa shape index (κ3) is 17.9. The molecule has 0 aliphatic heterocycles. The minimum atomic E-state index is 0.762. The predicted octanol–water partition coefficient (Wildman–Crippen LogP) is 5.74. The molecule has 0 heterocycles. The van der Waals surface area contributed by atoms with Crippen LogP contribution in [-0.4, -0.2) is 26.4 Å². The van der Waals surface area contributed by atoms with Crippen LogP contribution < -0.4 is 0 Å². The van der Waals surface area contributed by atoms with E-state index < -0.39 is 0 Å². The number of unbranched alkanes of at least 4 members (excludes halogenated alkanes) is 10. The molecule has 0 saturated carbocycles. The molecule has 0 aromatic carbocycles. The minimum Gasteiger partial charge on any atom is -0.379 e. The SMILES string of the molecule is CCCCCCCCCCCCOCCOCCCC. The normalized spacial score (nSPS) is 11.1. The van der Waals surface area contributed by atoms with Crippen LogP contribution in [0, 0.1) is 0 Å². The van der Waals surface area contributed by atoms with Gasteiger partial charge < -0.3 is 9.47 Å². The highest BCUT2D eigenvalue weighted by atomic mass is 16.5. The van der Waals surface area contributed by atoms with E-state index in [0.29, 0.717) is 0 Å². The Hall–Kier alpha value is -0.0800. The highest BCUT2D eigenvalue weighted by Crippen LogP contribution is 2.10. The van der Waals surface area contributed by atoms with Crippen LogP contribution in [0.4, 0.5) is 0 Å². The summed E-state index contributed by atoms with van der Waals surface area (Å²) in [6.07, 6.45) is 16.2. The molecule has 0 aromatic rings. The molecule has 0 N–H and O–H groups in total. The third-order valence-electron chi connectivity index (χ3n) is 3.66. The van der Waals surface area contributed by atoms with Gasteiger partial charge in [0.25, 0.3) is 0 Å². The summed E-state index contributed by atoms with van der Waals surface area (Å²) in [5.74, 6) is 0. The molecule has 0 aliphatic rings. The lowest BCUT2D eigenvalue weighted by Gasteiger charge is -2.05. The van der Waals surface area contributed by atoms with Crippen molar-refractivity contribution in [3.63, 3.8) is 0 Å². The zero-order valence-electron chi connectivity index (χ0n) is 14.1. The molecule has 20 heavy (non-hydrogen) atoms. The molecule has 122 valence electrons. The molecule has 0 saturated heterocycles. The zero-order valence-corrected chi connectivity index (χ0v) is 14.1. The number of ether oxygens (including phenoxy) is 2. The standard InChI is InChI=1S/C18H38O2/c1-3-5-7-8-9-10-11-12-13-14-16-20-18-17-19-15-6-4-2/h3-18H2,1-2H3. The first-order valence-corrected chi connectivity index (χ1v) is 9.07. The molecule has 0 aromatic heterocycles. The van der Waals surface area contributed by atoms with Gasteiger partial charge in [-0.15, -0.1) is 0 Å². The smallest absolute Gasteiger partial charge is 0.0700 e. The van der Waals surface area contributed by atoms with Crippen molar-refractivity contribution in [3.05, 3.63) is 0 Å². The Labute approximate surface area is 127 Å². The van der Waals surface area contributed by atoms with Gasteiger partial charge in [0, 0.05) is 13.2 Å². The number of rotatable bonds is 17. The fraction of sp³-hybridized carbons (Fsp3) is 1.00. The van der Waals surface area contributed by atoms with E-state index in [1.54, 1.807) is 0 Å². The van der Waals surface area contributed by atoms with E-state index in [-0.39, 0.29) is 0 Å². The van der Waals surface area contributed by atoms with Crippen LogP contribution in [0.1, 0.15) is 90.9 Å². The van der Waals surface area contributed by atoms with Crippen LogP contribution in [0.5, 0.6) is 0 Å². The molecule has 0 aliphatic carbocycles. The molecule has 2 heteroatoms. The van der Waals surface area contributed by atoms with Crippen LogP contribution in [0.3, 0.4) is 0 Å². The van der Waals surface area contributed by atoms with E-state index in [9.17, 15) is 0 Å². The summed E-state index contributed by atoms with van der Waals surface area (Å²) < 4.78 is 11.0. The van der Waals surface area contributed by atoms with E-state index in [2.05, 4.69) is 13.8 Å². The van der Waals surface area contributed by atoms with Crippen LogP contribution in [0.2, 0.25) is 0 Å². The van der Waals surface area contributed by atoms with Crippen molar-refractivity contribution in [1.82, 2.24) is 0 Å². The van der Waals surface area contributed by atoms with Crippen molar-refractivity contribution < 1.29 is 9.47 Å². The maximum absolute atomic E-state index is 5.56. The van der Waals surface area contributed by atoms with Gasteiger partial charge in [0.05, 0.1) is 13.2 Å². The first kappa shape index (κ1) is 19.9. The summed E-state index contributed by atoms with van der Waals surface area (Å²) in [7, 11) is 0. The summed E-state index contributed by atoms with van der Waals surface area (Å²) in [4.78, 5) is 0. The first-order valence-electron chi connectivity index (χ1n) is 9.07. The maximum atomic E-state index is 5.56. The topological polar surface area (TPSA) is 18.5 Å². The lowest BCUT2D eigenvalue weighted by Crippen LogP contribution is -2.06. The minimum absolute atomic E-state index is 0.762. The lowest BCUT2D eigenvalue weighted by atomic mass is 10.1. The average Bonchev–Trinajstić information content (AvgIpc) is 2.47. The summed E-state index contributed by atoms with van der Waals surface area (Å²) in [6, 6.07) is 0. The van der Waals surface area contributed by atoms with Crippen molar-refractivity contribution in [1.29, 1.82) is 0 Å². The fourth-order valence-corrected chi connectivity index (χ4v) is 2.26. The molecular formula is C18H38O2. The van der Waals surface area contributed by atoms with Crippen LogP contribution >= 0.6 is 0 Å². The molecule has 2 nitrogen and oxygen atoms in total. The fourth-order valence-electron chi connectivity index (χ4n) is 2.26. The average molecular weight is 286 g/mol. The molecule has 0 rings (SSSR count). The largest absolute Gasteiger partial charge is 0.379 e. The zero-order chi connectivity index (χ0) is 14.7. The van der Waals surface area contributed by atoms with E-state index in [0.717, 1.165) is 26.4 Å². The van der Waals surface area contributed by atoms with E-state index in [1.807, 2.05) is 0 Å². The second-order valence-electron chi connectivity index (χ2n) is 5.76. The van der Waals surface area contributed by atoms with Crippen molar-refractivity contribution >= 4 is 0 Å². The second-order valence-corrected chi connectivity index (χ2v) is 5.76. The van der Waals surface area contributed by atoms with Crippen LogP contribution in [-0.2, 0) is 9.47 Å². The molecular weight excluding hydrogens is 248 g/mol. The Morgan fingerprint density at radius 3 is 1.30 bits per heavy atom. The van der Waals surface area contributed by atoms with Gasteiger partial charge in [-0.2, -0.15) is 0 Å². The van der Waals surface area contributed by atoms with Gasteiger partial charge in [-0.05, 0) is 12.8 Å². The summed E-state index contributed by atoms with van der Waals surface area (Å²) >= 11 is 0. The molecule has 0 fully saturated rings. The molecule has 0 unspecified atom stereocenters. The third-order valence-corrected chi connectivity index (χ3v) is 3.66. The Balaban J connectivity index is 2.89. The van der Waals surface area contributed by atoms with Gasteiger partial charge >= 0.3 is 0 Å². The summed E-state index contributed by atoms with van der Waals surface area (Å²) in [5.41, 5.74) is 0. The monoisotopic (exact) mass is 286 g/mol. The maximum Gasteiger partial charge on any atom is 0.0700 e. The van der Waals surface area contributed by atoms with Crippen molar-refractivity contribution in [3.8, 4) is 0 Å². The van der Waals surface area contributed by atoms with Crippen LogP contribution in [0.15, 0.2) is 0 Å². The van der Waals surface area contributed by atoms with Gasteiger partial charge in [-0.3, -0.25) is 0 Å². The molecule has 0 atom stereocenters. The van der Waals surface area contributed by atoms with Crippen molar-refractivity contribution in [2.24, 2.45) is 0 Å². The van der Waals surface area contributed by atoms with Gasteiger partial charge in [0.15, 0.2) is 0 Å².